The fourth-order valence-corrected chi connectivity index (χ4v) is 2.86. The van der Waals surface area contributed by atoms with E-state index >= 15 is 0 Å². The average Bonchev–Trinajstić information content (AvgIpc) is 2.88. The van der Waals surface area contributed by atoms with Gasteiger partial charge in [0.25, 0.3) is 0 Å². The van der Waals surface area contributed by atoms with Crippen LogP contribution >= 0.6 is 11.3 Å². The molecule has 1 saturated heterocycles. The molecule has 2 aromatic rings. The molecule has 2 aromatic heterocycles. The van der Waals surface area contributed by atoms with Crippen LogP contribution in [0.25, 0.3) is 0 Å². The standard InChI is InChI=1S/C12H14N4OS/c1-9-13-6-11(18-9)5-12(17)15-7-10(8-15)16-4-2-3-14-16/h2-4,6,10H,5,7-8H2,1H3. The van der Waals surface area contributed by atoms with Gasteiger partial charge in [0.15, 0.2) is 0 Å². The third-order valence-corrected chi connectivity index (χ3v) is 4.02. The molecular formula is C12H14N4OS. The Labute approximate surface area is 109 Å². The summed E-state index contributed by atoms with van der Waals surface area (Å²) in [6.45, 7) is 3.48. The second-order valence-electron chi connectivity index (χ2n) is 4.46. The maximum atomic E-state index is 12.0. The number of thiazole rings is 1. The summed E-state index contributed by atoms with van der Waals surface area (Å²) in [6, 6.07) is 2.25. The normalized spacial score (nSPS) is 15.7. The van der Waals surface area contributed by atoms with Gasteiger partial charge in [-0.25, -0.2) is 4.98 Å². The van der Waals surface area contributed by atoms with Crippen LogP contribution < -0.4 is 0 Å². The number of likely N-dealkylation sites (tertiary alicyclic amines) is 1. The van der Waals surface area contributed by atoms with Crippen molar-refractivity contribution in [2.24, 2.45) is 0 Å². The van der Waals surface area contributed by atoms with Crippen LogP contribution in [-0.4, -0.2) is 38.7 Å². The number of hydrogen-bond acceptors (Lipinski definition) is 4. The minimum atomic E-state index is 0.182. The van der Waals surface area contributed by atoms with Crippen LogP contribution in [0.15, 0.2) is 24.7 Å². The summed E-state index contributed by atoms with van der Waals surface area (Å²) in [4.78, 5) is 19.1. The highest BCUT2D eigenvalue weighted by Gasteiger charge is 2.32. The number of carbonyl (C=O) groups is 1. The molecule has 0 spiro atoms. The Bertz CT molecular complexity index is 542. The van der Waals surface area contributed by atoms with E-state index in [0.29, 0.717) is 12.5 Å². The first-order valence-electron chi connectivity index (χ1n) is 5.90. The lowest BCUT2D eigenvalue weighted by molar-refractivity contribution is -0.136. The summed E-state index contributed by atoms with van der Waals surface area (Å²) in [5, 5.41) is 5.20. The van der Waals surface area contributed by atoms with Crippen LogP contribution in [0.5, 0.6) is 0 Å². The Hall–Kier alpha value is -1.69. The molecule has 6 heteroatoms. The molecule has 0 radical (unpaired) electrons. The van der Waals surface area contributed by atoms with Gasteiger partial charge in [-0.2, -0.15) is 5.10 Å². The van der Waals surface area contributed by atoms with Gasteiger partial charge in [-0.1, -0.05) is 0 Å². The number of aromatic nitrogens is 3. The van der Waals surface area contributed by atoms with Gasteiger partial charge in [0.2, 0.25) is 5.91 Å². The van der Waals surface area contributed by atoms with E-state index in [-0.39, 0.29) is 5.91 Å². The third kappa shape index (κ3) is 2.15. The van der Waals surface area contributed by atoms with E-state index in [1.54, 1.807) is 23.7 Å². The van der Waals surface area contributed by atoms with Crippen LogP contribution in [0.4, 0.5) is 0 Å². The van der Waals surface area contributed by atoms with Gasteiger partial charge >= 0.3 is 0 Å². The summed E-state index contributed by atoms with van der Waals surface area (Å²) in [5.41, 5.74) is 0. The smallest absolute Gasteiger partial charge is 0.228 e. The lowest BCUT2D eigenvalue weighted by Gasteiger charge is -2.39. The highest BCUT2D eigenvalue weighted by molar-refractivity contribution is 7.11. The summed E-state index contributed by atoms with van der Waals surface area (Å²) >= 11 is 1.59. The Morgan fingerprint density at radius 1 is 1.56 bits per heavy atom. The first kappa shape index (κ1) is 11.4. The topological polar surface area (TPSA) is 51.0 Å². The number of hydrogen-bond donors (Lipinski definition) is 0. The first-order chi connectivity index (χ1) is 8.72. The molecule has 18 heavy (non-hydrogen) atoms. The van der Waals surface area contributed by atoms with E-state index in [9.17, 15) is 4.79 Å². The first-order valence-corrected chi connectivity index (χ1v) is 6.72. The molecular weight excluding hydrogens is 248 g/mol. The molecule has 0 unspecified atom stereocenters. The molecule has 0 aliphatic carbocycles. The van der Waals surface area contributed by atoms with Crippen molar-refractivity contribution in [2.45, 2.75) is 19.4 Å². The van der Waals surface area contributed by atoms with Gasteiger partial charge in [0, 0.05) is 36.6 Å². The van der Waals surface area contributed by atoms with Gasteiger partial charge < -0.3 is 4.90 Å². The quantitative estimate of drug-likeness (QED) is 0.837. The average molecular weight is 262 g/mol. The molecule has 0 bridgehead atoms. The molecule has 3 rings (SSSR count). The molecule has 94 valence electrons. The zero-order valence-electron chi connectivity index (χ0n) is 10.1. The molecule has 5 nitrogen and oxygen atoms in total. The number of amides is 1. The maximum absolute atomic E-state index is 12.0. The Morgan fingerprint density at radius 2 is 2.39 bits per heavy atom. The van der Waals surface area contributed by atoms with E-state index in [1.165, 1.54) is 0 Å². The largest absolute Gasteiger partial charge is 0.338 e. The molecule has 0 aromatic carbocycles. The number of carbonyl (C=O) groups excluding carboxylic acids is 1. The van der Waals surface area contributed by atoms with E-state index in [0.717, 1.165) is 23.0 Å². The van der Waals surface area contributed by atoms with E-state index < -0.39 is 0 Å². The fourth-order valence-electron chi connectivity index (χ4n) is 2.07. The molecule has 0 N–H and O–H groups in total. The Kier molecular flexibility index (Phi) is 2.87. The molecule has 1 fully saturated rings. The van der Waals surface area contributed by atoms with Gasteiger partial charge in [-0.05, 0) is 13.0 Å². The zero-order valence-corrected chi connectivity index (χ0v) is 10.9. The van der Waals surface area contributed by atoms with Crippen molar-refractivity contribution in [3.8, 4) is 0 Å². The highest BCUT2D eigenvalue weighted by Crippen LogP contribution is 2.22. The van der Waals surface area contributed by atoms with Crippen LogP contribution in [-0.2, 0) is 11.2 Å². The Balaban J connectivity index is 1.54. The predicted octanol–water partition coefficient (Wildman–Crippen LogP) is 1.27. The Morgan fingerprint density at radius 3 is 3.00 bits per heavy atom. The number of nitrogens with zero attached hydrogens (tertiary/aromatic N) is 4. The summed E-state index contributed by atoms with van der Waals surface area (Å²) in [5.74, 6) is 0.182. The minimum Gasteiger partial charge on any atom is -0.338 e. The lowest BCUT2D eigenvalue weighted by atomic mass is 10.1. The SMILES string of the molecule is Cc1ncc(CC(=O)N2CC(n3cccn3)C2)s1. The number of aryl methyl sites for hydroxylation is 1. The lowest BCUT2D eigenvalue weighted by Crippen LogP contribution is -2.51. The molecule has 1 aliphatic heterocycles. The van der Waals surface area contributed by atoms with Crippen molar-refractivity contribution in [1.29, 1.82) is 0 Å². The molecule has 3 heterocycles. The van der Waals surface area contributed by atoms with Gasteiger partial charge in [0.1, 0.15) is 0 Å². The van der Waals surface area contributed by atoms with E-state index in [1.807, 2.05) is 28.8 Å². The fraction of sp³-hybridized carbons (Fsp3) is 0.417. The van der Waals surface area contributed by atoms with E-state index in [4.69, 9.17) is 0 Å². The van der Waals surface area contributed by atoms with Crippen LogP contribution in [0, 0.1) is 6.92 Å². The van der Waals surface area contributed by atoms with Gasteiger partial charge in [0.05, 0.1) is 17.5 Å². The summed E-state index contributed by atoms with van der Waals surface area (Å²) < 4.78 is 1.92. The third-order valence-electron chi connectivity index (χ3n) is 3.11. The molecule has 0 saturated carbocycles. The molecule has 1 amide bonds. The van der Waals surface area contributed by atoms with Crippen LogP contribution in [0.1, 0.15) is 15.9 Å². The predicted molar refractivity (Wildman–Crippen MR) is 68.4 cm³/mol. The van der Waals surface area contributed by atoms with Crippen LogP contribution in [0.3, 0.4) is 0 Å². The summed E-state index contributed by atoms with van der Waals surface area (Å²) in [6.07, 6.45) is 5.98. The van der Waals surface area contributed by atoms with Gasteiger partial charge in [-0.15, -0.1) is 11.3 Å². The van der Waals surface area contributed by atoms with Crippen LogP contribution in [0.2, 0.25) is 0 Å². The molecule has 0 atom stereocenters. The summed E-state index contributed by atoms with van der Waals surface area (Å²) in [7, 11) is 0. The molecule has 1 aliphatic rings. The van der Waals surface area contributed by atoms with E-state index in [2.05, 4.69) is 10.1 Å². The second kappa shape index (κ2) is 4.53. The van der Waals surface area contributed by atoms with Gasteiger partial charge in [-0.3, -0.25) is 9.48 Å². The second-order valence-corrected chi connectivity index (χ2v) is 5.78. The van der Waals surface area contributed by atoms with Crippen molar-refractivity contribution in [3.05, 3.63) is 34.5 Å². The van der Waals surface area contributed by atoms with Crippen molar-refractivity contribution in [1.82, 2.24) is 19.7 Å². The number of rotatable bonds is 3. The maximum Gasteiger partial charge on any atom is 0.228 e. The zero-order chi connectivity index (χ0) is 12.5. The van der Waals surface area contributed by atoms with Crippen molar-refractivity contribution in [3.63, 3.8) is 0 Å². The monoisotopic (exact) mass is 262 g/mol. The highest BCUT2D eigenvalue weighted by atomic mass is 32.1. The van der Waals surface area contributed by atoms with Crippen molar-refractivity contribution < 1.29 is 4.79 Å². The van der Waals surface area contributed by atoms with Crippen molar-refractivity contribution in [2.75, 3.05) is 13.1 Å². The van der Waals surface area contributed by atoms with Crippen molar-refractivity contribution >= 4 is 17.2 Å². The minimum absolute atomic E-state index is 0.182.